The van der Waals surface area contributed by atoms with Gasteiger partial charge in [0.05, 0.1) is 21.3 Å². The van der Waals surface area contributed by atoms with Crippen molar-refractivity contribution in [1.29, 1.82) is 0 Å². The van der Waals surface area contributed by atoms with E-state index in [1.165, 1.54) is 16.2 Å². The van der Waals surface area contributed by atoms with Crippen molar-refractivity contribution in [3.8, 4) is 0 Å². The number of aromatic nitrogens is 1. The van der Waals surface area contributed by atoms with E-state index in [0.29, 0.717) is 15.1 Å². The van der Waals surface area contributed by atoms with Crippen LogP contribution in [0.1, 0.15) is 20.7 Å². The molecule has 0 saturated carbocycles. The number of amides is 2. The molecule has 2 heterocycles. The van der Waals surface area contributed by atoms with Crippen molar-refractivity contribution in [3.05, 3.63) is 63.6 Å². The number of nitrogens with zero attached hydrogens (tertiary/aromatic N) is 2. The summed E-state index contributed by atoms with van der Waals surface area (Å²) >= 11 is 6.86. The average Bonchev–Trinajstić information content (AvgIpc) is 2.98. The number of hydrogen-bond donors (Lipinski definition) is 0. The minimum absolute atomic E-state index is 0.148. The molecule has 22 heavy (non-hydrogen) atoms. The van der Waals surface area contributed by atoms with Gasteiger partial charge in [-0.05, 0) is 36.5 Å². The lowest BCUT2D eigenvalue weighted by Crippen LogP contribution is -2.31. The van der Waals surface area contributed by atoms with Crippen molar-refractivity contribution < 1.29 is 9.59 Å². The minimum atomic E-state index is -0.266. The van der Waals surface area contributed by atoms with Crippen LogP contribution in [0.4, 0.5) is 0 Å². The molecule has 1 aliphatic rings. The van der Waals surface area contributed by atoms with Crippen molar-refractivity contribution in [3.63, 3.8) is 0 Å². The van der Waals surface area contributed by atoms with Crippen LogP contribution in [0.2, 0.25) is 0 Å². The van der Waals surface area contributed by atoms with Crippen LogP contribution in [-0.4, -0.2) is 21.3 Å². The van der Waals surface area contributed by atoms with E-state index in [4.69, 9.17) is 12.2 Å². The van der Waals surface area contributed by atoms with E-state index in [1.807, 2.05) is 28.8 Å². The maximum Gasteiger partial charge on any atom is 0.263 e. The molecule has 0 atom stereocenters. The molecule has 0 aliphatic carbocycles. The maximum atomic E-state index is 12.4. The molecule has 108 valence electrons. The first-order chi connectivity index (χ1) is 10.7. The van der Waals surface area contributed by atoms with Crippen molar-refractivity contribution >= 4 is 45.6 Å². The van der Waals surface area contributed by atoms with Gasteiger partial charge >= 0.3 is 0 Å². The molecule has 0 N–H and O–H groups in total. The lowest BCUT2D eigenvalue weighted by molar-refractivity contribution is 0.0608. The number of para-hydroxylation sites is 1. The fraction of sp³-hybridized carbons (Fsp3) is 0.0625. The quantitative estimate of drug-likeness (QED) is 0.533. The molecule has 0 radical (unpaired) electrons. The summed E-state index contributed by atoms with van der Waals surface area (Å²) in [7, 11) is 0. The molecule has 3 aromatic rings. The third kappa shape index (κ3) is 1.84. The smallest absolute Gasteiger partial charge is 0.263 e. The number of fused-ring (bicyclic) bond motifs is 2. The number of carbonyl (C=O) groups excluding carboxylic acids is 2. The summed E-state index contributed by atoms with van der Waals surface area (Å²) in [5, 5.41) is 0. The van der Waals surface area contributed by atoms with E-state index in [2.05, 4.69) is 0 Å². The molecule has 1 aliphatic heterocycles. The topological polar surface area (TPSA) is 42.3 Å². The molecule has 0 unspecified atom stereocenters. The third-order valence-corrected chi connectivity index (χ3v) is 5.17. The summed E-state index contributed by atoms with van der Waals surface area (Å²) in [6.45, 7) is 0.148. The maximum absolute atomic E-state index is 12.4. The van der Waals surface area contributed by atoms with Crippen LogP contribution in [-0.2, 0) is 6.67 Å². The molecule has 0 fully saturated rings. The lowest BCUT2D eigenvalue weighted by Gasteiger charge is -2.15. The number of hydrogen-bond acceptors (Lipinski definition) is 4. The van der Waals surface area contributed by atoms with E-state index in [9.17, 15) is 9.59 Å². The fourth-order valence-corrected chi connectivity index (χ4v) is 3.97. The lowest BCUT2D eigenvalue weighted by atomic mass is 10.1. The Labute approximate surface area is 135 Å². The van der Waals surface area contributed by atoms with Gasteiger partial charge in [-0.1, -0.05) is 24.3 Å². The summed E-state index contributed by atoms with van der Waals surface area (Å²) in [4.78, 5) is 26.1. The predicted molar refractivity (Wildman–Crippen MR) is 87.6 cm³/mol. The van der Waals surface area contributed by atoms with Crippen molar-refractivity contribution in [2.75, 3.05) is 0 Å². The minimum Gasteiger partial charge on any atom is -0.304 e. The summed E-state index contributed by atoms with van der Waals surface area (Å²) in [6.07, 6.45) is 0. The Morgan fingerprint density at radius 2 is 1.50 bits per heavy atom. The first-order valence-corrected chi connectivity index (χ1v) is 7.93. The van der Waals surface area contributed by atoms with Gasteiger partial charge < -0.3 is 4.57 Å². The zero-order valence-corrected chi connectivity index (χ0v) is 13.0. The van der Waals surface area contributed by atoms with Crippen molar-refractivity contribution in [2.45, 2.75) is 6.67 Å². The number of rotatable bonds is 2. The molecule has 0 bridgehead atoms. The third-order valence-electron chi connectivity index (χ3n) is 3.73. The molecule has 2 amide bonds. The molecule has 4 rings (SSSR count). The van der Waals surface area contributed by atoms with Crippen molar-refractivity contribution in [2.24, 2.45) is 0 Å². The molecular formula is C16H10N2O2S2. The highest BCUT2D eigenvalue weighted by atomic mass is 32.1. The first-order valence-electron chi connectivity index (χ1n) is 6.70. The van der Waals surface area contributed by atoms with Gasteiger partial charge in [0.2, 0.25) is 0 Å². The Bertz CT molecular complexity index is 952. The molecule has 4 nitrogen and oxygen atoms in total. The van der Waals surface area contributed by atoms with Crippen LogP contribution in [0.5, 0.6) is 0 Å². The summed E-state index contributed by atoms with van der Waals surface area (Å²) < 4.78 is 3.53. The molecule has 0 saturated heterocycles. The van der Waals surface area contributed by atoms with Gasteiger partial charge in [-0.25, -0.2) is 0 Å². The first kappa shape index (κ1) is 13.4. The normalized spacial score (nSPS) is 13.9. The summed E-state index contributed by atoms with van der Waals surface area (Å²) in [5.41, 5.74) is 1.85. The Morgan fingerprint density at radius 1 is 0.909 bits per heavy atom. The second-order valence-corrected chi connectivity index (χ2v) is 6.66. The largest absolute Gasteiger partial charge is 0.304 e. The monoisotopic (exact) mass is 326 g/mol. The van der Waals surface area contributed by atoms with Gasteiger partial charge in [0.1, 0.15) is 6.67 Å². The number of imide groups is 1. The number of carbonyl (C=O) groups is 2. The average molecular weight is 326 g/mol. The SMILES string of the molecule is O=C1c2ccccc2C(=O)N1Cn1c(=S)sc2ccccc21. The van der Waals surface area contributed by atoms with Gasteiger partial charge in [0, 0.05) is 0 Å². The van der Waals surface area contributed by atoms with Gasteiger partial charge in [-0.3, -0.25) is 14.5 Å². The van der Waals surface area contributed by atoms with E-state index in [0.717, 1.165) is 10.2 Å². The number of benzene rings is 2. The van der Waals surface area contributed by atoms with Crippen LogP contribution in [0.15, 0.2) is 48.5 Å². The Kier molecular flexibility index (Phi) is 2.95. The van der Waals surface area contributed by atoms with E-state index >= 15 is 0 Å². The van der Waals surface area contributed by atoms with Gasteiger partial charge in [0.15, 0.2) is 3.95 Å². The van der Waals surface area contributed by atoms with Gasteiger partial charge in [-0.2, -0.15) is 0 Å². The zero-order valence-electron chi connectivity index (χ0n) is 11.4. The molecule has 0 spiro atoms. The Balaban J connectivity index is 1.79. The van der Waals surface area contributed by atoms with Crippen LogP contribution in [0, 0.1) is 3.95 Å². The highest BCUT2D eigenvalue weighted by molar-refractivity contribution is 7.73. The van der Waals surface area contributed by atoms with Gasteiger partial charge in [-0.15, -0.1) is 11.3 Å². The highest BCUT2D eigenvalue weighted by Crippen LogP contribution is 2.27. The highest BCUT2D eigenvalue weighted by Gasteiger charge is 2.35. The summed E-state index contributed by atoms with van der Waals surface area (Å²) in [6, 6.07) is 14.7. The van der Waals surface area contributed by atoms with E-state index in [-0.39, 0.29) is 18.5 Å². The van der Waals surface area contributed by atoms with Crippen LogP contribution >= 0.6 is 23.6 Å². The standard InChI is InChI=1S/C16H10N2O2S2/c19-14-10-5-1-2-6-11(10)15(20)18(14)9-17-12-7-3-4-8-13(12)22-16(17)21/h1-8H,9H2. The Hall–Kier alpha value is -2.31. The fourth-order valence-electron chi connectivity index (χ4n) is 2.66. The van der Waals surface area contributed by atoms with Crippen LogP contribution in [0.3, 0.4) is 0 Å². The second-order valence-electron chi connectivity index (χ2n) is 4.99. The van der Waals surface area contributed by atoms with Crippen molar-refractivity contribution in [1.82, 2.24) is 9.47 Å². The molecule has 2 aromatic carbocycles. The van der Waals surface area contributed by atoms with Crippen LogP contribution < -0.4 is 0 Å². The zero-order chi connectivity index (χ0) is 15.3. The van der Waals surface area contributed by atoms with E-state index < -0.39 is 0 Å². The summed E-state index contributed by atoms with van der Waals surface area (Å²) in [5.74, 6) is -0.532. The van der Waals surface area contributed by atoms with E-state index in [1.54, 1.807) is 24.3 Å². The van der Waals surface area contributed by atoms with Crippen LogP contribution in [0.25, 0.3) is 10.2 Å². The molecule has 1 aromatic heterocycles. The molecule has 6 heteroatoms. The van der Waals surface area contributed by atoms with Gasteiger partial charge in [0.25, 0.3) is 11.8 Å². The predicted octanol–water partition coefficient (Wildman–Crippen LogP) is 3.69. The number of thiazole rings is 1. The molecular weight excluding hydrogens is 316 g/mol. The second kappa shape index (κ2) is 4.86. The Morgan fingerprint density at radius 3 is 2.18 bits per heavy atom.